The fourth-order valence-corrected chi connectivity index (χ4v) is 10.4. The maximum Gasteiger partial charge on any atom is 0.311 e. The predicted molar refractivity (Wildman–Crippen MR) is 221 cm³/mol. The Morgan fingerprint density at radius 1 is 0.891 bits per heavy atom. The molecule has 4 N–H and O–H groups in total. The molecule has 8 heteroatoms. The summed E-state index contributed by atoms with van der Waals surface area (Å²) in [6, 6.07) is 20.7. The van der Waals surface area contributed by atoms with Crippen LogP contribution in [0, 0.1) is 23.2 Å². The van der Waals surface area contributed by atoms with Crippen LogP contribution in [0.2, 0.25) is 0 Å². The fourth-order valence-electron chi connectivity index (χ4n) is 10.4. The lowest BCUT2D eigenvalue weighted by Crippen LogP contribution is -2.53. The van der Waals surface area contributed by atoms with Gasteiger partial charge in [-0.15, -0.1) is 0 Å². The van der Waals surface area contributed by atoms with Crippen molar-refractivity contribution in [1.82, 2.24) is 0 Å². The summed E-state index contributed by atoms with van der Waals surface area (Å²) in [4.78, 5) is 32.4. The van der Waals surface area contributed by atoms with Gasteiger partial charge >= 0.3 is 5.97 Å². The van der Waals surface area contributed by atoms with Crippen molar-refractivity contribution in [3.8, 4) is 0 Å². The molecule has 286 valence electrons. The Morgan fingerprint density at radius 3 is 2.25 bits per heavy atom. The van der Waals surface area contributed by atoms with Gasteiger partial charge in [-0.3, -0.25) is 14.6 Å². The van der Waals surface area contributed by atoms with E-state index >= 15 is 0 Å². The Balaban J connectivity index is 1.06. The van der Waals surface area contributed by atoms with Gasteiger partial charge in [-0.2, -0.15) is 0 Å². The van der Waals surface area contributed by atoms with Gasteiger partial charge < -0.3 is 25.8 Å². The van der Waals surface area contributed by atoms with E-state index in [9.17, 15) is 14.7 Å². The zero-order valence-electron chi connectivity index (χ0n) is 32.9. The first-order valence-corrected chi connectivity index (χ1v) is 20.6. The SMILES string of the molecule is CCC(C)(C)C(=O)OCCCC1CCC2(CC1)N=c1c(=C3C(=O)C(c4ccc5cccc6c5c4NC4(CC(C)CC(C)C4)N6)=C3O)ccc3cccc(c13)N2. The minimum absolute atomic E-state index is 0.0421. The number of allylic oxidation sites excluding steroid dienone is 2. The van der Waals surface area contributed by atoms with Crippen molar-refractivity contribution >= 4 is 61.5 Å². The third kappa shape index (κ3) is 5.98. The average Bonchev–Trinajstić information content (AvgIpc) is 3.15. The van der Waals surface area contributed by atoms with Crippen LogP contribution in [0.25, 0.3) is 32.7 Å². The standard InChI is InChI=1S/C47H54N4O4/c1-6-45(4,5)44(54)55-23-9-10-29-19-21-46(22-20-29)48-34-13-7-11-30-15-17-32(40(50-46)36(30)34)38-42(52)39(43(38)53)33-18-16-31-12-8-14-35-37(31)41(33)51-47(49-35)25-27(2)24-28(3)26-47/h7-8,11-18,27-29,48-49,51-52H,6,9-10,19-26H2,1-5H3. The molecule has 0 amide bonds. The van der Waals surface area contributed by atoms with Gasteiger partial charge in [-0.05, 0) is 119 Å². The number of benzene rings is 4. The summed E-state index contributed by atoms with van der Waals surface area (Å²) in [7, 11) is 0. The molecule has 2 heterocycles. The summed E-state index contributed by atoms with van der Waals surface area (Å²) in [5.74, 6) is 1.42. The maximum atomic E-state index is 14.5. The highest BCUT2D eigenvalue weighted by Gasteiger charge is 2.44. The Morgan fingerprint density at radius 2 is 1.56 bits per heavy atom. The number of carbonyl (C=O) groups is 2. The number of carbonyl (C=O) groups excluding carboxylic acids is 2. The average molecular weight is 739 g/mol. The number of ether oxygens (including phenoxy) is 1. The number of nitrogens with zero attached hydrogens (tertiary/aromatic N) is 1. The minimum Gasteiger partial charge on any atom is -0.506 e. The van der Waals surface area contributed by atoms with E-state index in [-0.39, 0.29) is 23.2 Å². The molecule has 0 saturated heterocycles. The third-order valence-electron chi connectivity index (χ3n) is 13.5. The van der Waals surface area contributed by atoms with Gasteiger partial charge in [-0.1, -0.05) is 69.3 Å². The summed E-state index contributed by atoms with van der Waals surface area (Å²) in [5.41, 5.74) is 3.25. The Hall–Kier alpha value is -4.85. The Labute approximate surface area is 323 Å². The molecular formula is C47H54N4O4. The van der Waals surface area contributed by atoms with Crippen molar-refractivity contribution in [2.24, 2.45) is 28.2 Å². The highest BCUT2D eigenvalue weighted by atomic mass is 16.5. The van der Waals surface area contributed by atoms with E-state index in [4.69, 9.17) is 9.73 Å². The van der Waals surface area contributed by atoms with E-state index in [1.807, 2.05) is 39.0 Å². The molecule has 4 aromatic carbocycles. The van der Waals surface area contributed by atoms with Crippen molar-refractivity contribution in [3.63, 3.8) is 0 Å². The second kappa shape index (κ2) is 13.1. The number of ketones is 1. The Kier molecular flexibility index (Phi) is 8.55. The molecule has 2 spiro atoms. The molecule has 2 fully saturated rings. The van der Waals surface area contributed by atoms with Crippen molar-refractivity contribution in [1.29, 1.82) is 0 Å². The van der Waals surface area contributed by atoms with Gasteiger partial charge in [0.1, 0.15) is 17.1 Å². The van der Waals surface area contributed by atoms with Crippen molar-refractivity contribution in [3.05, 3.63) is 82.6 Å². The molecule has 9 rings (SSSR count). The minimum atomic E-state index is -0.487. The summed E-state index contributed by atoms with van der Waals surface area (Å²) in [6.07, 6.45) is 9.54. The van der Waals surface area contributed by atoms with Crippen LogP contribution >= 0.6 is 0 Å². The van der Waals surface area contributed by atoms with Crippen LogP contribution < -0.4 is 26.5 Å². The fraction of sp³-hybridized carbons (Fsp3) is 0.468. The van der Waals surface area contributed by atoms with Crippen LogP contribution in [-0.2, 0) is 14.3 Å². The lowest BCUT2D eigenvalue weighted by Gasteiger charge is -2.48. The van der Waals surface area contributed by atoms with E-state index < -0.39 is 11.1 Å². The largest absolute Gasteiger partial charge is 0.506 e. The van der Waals surface area contributed by atoms with E-state index in [0.29, 0.717) is 40.7 Å². The zero-order chi connectivity index (χ0) is 38.3. The van der Waals surface area contributed by atoms with Crippen molar-refractivity contribution in [2.45, 2.75) is 110 Å². The van der Waals surface area contributed by atoms with Crippen molar-refractivity contribution < 1.29 is 19.4 Å². The molecule has 4 aromatic rings. The lowest BCUT2D eigenvalue weighted by molar-refractivity contribution is -0.154. The molecule has 2 atom stereocenters. The molecule has 2 saturated carbocycles. The highest BCUT2D eigenvalue weighted by Crippen LogP contribution is 2.50. The van der Waals surface area contributed by atoms with Crippen LogP contribution in [0.3, 0.4) is 0 Å². The third-order valence-corrected chi connectivity index (χ3v) is 13.5. The molecule has 3 aliphatic carbocycles. The topological polar surface area (TPSA) is 112 Å². The Bertz CT molecular complexity index is 2410. The van der Waals surface area contributed by atoms with Gasteiger partial charge in [-0.25, -0.2) is 0 Å². The van der Waals surface area contributed by atoms with Gasteiger partial charge in [0.25, 0.3) is 0 Å². The summed E-state index contributed by atoms with van der Waals surface area (Å²) >= 11 is 0. The van der Waals surface area contributed by atoms with Gasteiger partial charge in [0.2, 0.25) is 5.78 Å². The zero-order valence-corrected chi connectivity index (χ0v) is 32.9. The first kappa shape index (κ1) is 35.8. The number of rotatable bonds is 7. The second-order valence-electron chi connectivity index (χ2n) is 18.1. The quantitative estimate of drug-likeness (QED) is 0.110. The molecule has 2 aliphatic heterocycles. The monoisotopic (exact) mass is 738 g/mol. The molecule has 0 aromatic heterocycles. The number of esters is 1. The summed E-state index contributed by atoms with van der Waals surface area (Å²) < 4.78 is 5.62. The first-order chi connectivity index (χ1) is 26.4. The van der Waals surface area contributed by atoms with Crippen LogP contribution in [-0.4, -0.2) is 34.8 Å². The van der Waals surface area contributed by atoms with Gasteiger partial charge in [0.05, 0.1) is 34.2 Å². The number of aliphatic hydroxyl groups is 1. The van der Waals surface area contributed by atoms with Gasteiger partial charge in [0, 0.05) is 32.9 Å². The van der Waals surface area contributed by atoms with E-state index in [1.54, 1.807) is 0 Å². The van der Waals surface area contributed by atoms with Gasteiger partial charge in [0.15, 0.2) is 0 Å². The molecule has 2 unspecified atom stereocenters. The highest BCUT2D eigenvalue weighted by molar-refractivity contribution is 6.52. The maximum absolute atomic E-state index is 14.5. The number of aliphatic hydroxyl groups excluding tert-OH is 1. The normalized spacial score (nSPS) is 28.0. The molecular weight excluding hydrogens is 685 g/mol. The van der Waals surface area contributed by atoms with Crippen molar-refractivity contribution in [2.75, 3.05) is 22.6 Å². The first-order valence-electron chi connectivity index (χ1n) is 20.6. The molecule has 5 aliphatic rings. The molecule has 0 radical (unpaired) electrons. The number of Topliss-reactive ketones (excluding diaryl/α,β-unsaturated/α-hetero) is 1. The molecule has 8 nitrogen and oxygen atoms in total. The number of hydrogen-bond donors (Lipinski definition) is 4. The summed E-state index contributed by atoms with van der Waals surface area (Å²) in [6.45, 7) is 11.0. The van der Waals surface area contributed by atoms with Crippen LogP contribution in [0.4, 0.5) is 17.1 Å². The second-order valence-corrected chi connectivity index (χ2v) is 18.1. The van der Waals surface area contributed by atoms with E-state index in [2.05, 4.69) is 72.3 Å². The van der Waals surface area contributed by atoms with Crippen LogP contribution in [0.1, 0.15) is 104 Å². The lowest BCUT2D eigenvalue weighted by atomic mass is 9.74. The van der Waals surface area contributed by atoms with E-state index in [1.165, 1.54) is 6.42 Å². The predicted octanol–water partition coefficient (Wildman–Crippen LogP) is 9.38. The smallest absolute Gasteiger partial charge is 0.311 e. The number of anilines is 3. The summed E-state index contributed by atoms with van der Waals surface area (Å²) in [5, 5.41) is 29.3. The molecule has 0 bridgehead atoms. The number of nitrogens with one attached hydrogen (secondary N) is 3. The molecule has 55 heavy (non-hydrogen) atoms. The van der Waals surface area contributed by atoms with Crippen LogP contribution in [0.5, 0.6) is 0 Å². The van der Waals surface area contributed by atoms with Crippen LogP contribution in [0.15, 0.2) is 71.4 Å². The number of hydrogen-bond acceptors (Lipinski definition) is 8. The van der Waals surface area contributed by atoms with E-state index in [0.717, 1.165) is 107 Å².